The van der Waals surface area contributed by atoms with Crippen molar-refractivity contribution in [2.24, 2.45) is 0 Å². The van der Waals surface area contributed by atoms with Crippen molar-refractivity contribution in [2.75, 3.05) is 10.8 Å². The fourth-order valence-electron chi connectivity index (χ4n) is 2.19. The van der Waals surface area contributed by atoms with Crippen LogP contribution in [0.2, 0.25) is 0 Å². The third-order valence-corrected chi connectivity index (χ3v) is 3.31. The molecule has 0 atom stereocenters. The number of benzene rings is 1. The topological polar surface area (TPSA) is 46.1 Å². The summed E-state index contributed by atoms with van der Waals surface area (Å²) in [7, 11) is 0. The van der Waals surface area contributed by atoms with Crippen LogP contribution >= 0.6 is 11.6 Å². The lowest BCUT2D eigenvalue weighted by atomic mass is 10.1. The van der Waals surface area contributed by atoms with Gasteiger partial charge in [0.15, 0.2) is 0 Å². The number of rotatable bonds is 4. The van der Waals surface area contributed by atoms with E-state index in [0.717, 1.165) is 22.4 Å². The molecule has 0 aliphatic carbocycles. The Balaban J connectivity index is 2.41. The van der Waals surface area contributed by atoms with E-state index in [9.17, 15) is 4.79 Å². The van der Waals surface area contributed by atoms with E-state index in [-0.39, 0.29) is 11.8 Å². The van der Waals surface area contributed by atoms with Crippen molar-refractivity contribution in [1.29, 1.82) is 0 Å². The molecular weight excluding hydrogens is 274 g/mol. The number of anilines is 1. The molecule has 0 bridgehead atoms. The van der Waals surface area contributed by atoms with Gasteiger partial charge in [0.25, 0.3) is 0 Å². The van der Waals surface area contributed by atoms with Gasteiger partial charge >= 0.3 is 0 Å². The molecule has 104 valence electrons. The van der Waals surface area contributed by atoms with Gasteiger partial charge in [-0.25, -0.2) is 9.97 Å². The summed E-state index contributed by atoms with van der Waals surface area (Å²) in [6.07, 6.45) is 4.88. The highest BCUT2D eigenvalue weighted by molar-refractivity contribution is 6.29. The minimum Gasteiger partial charge on any atom is -0.306 e. The number of aromatic nitrogens is 2. The van der Waals surface area contributed by atoms with Crippen molar-refractivity contribution in [2.45, 2.75) is 20.4 Å². The second-order valence-electron chi connectivity index (χ2n) is 4.60. The van der Waals surface area contributed by atoms with Crippen LogP contribution in [0.4, 0.5) is 5.69 Å². The van der Waals surface area contributed by atoms with E-state index in [1.807, 2.05) is 32.0 Å². The zero-order chi connectivity index (χ0) is 14.5. The van der Waals surface area contributed by atoms with E-state index in [4.69, 9.17) is 11.6 Å². The molecular formula is C15H16ClN3O. The highest BCUT2D eigenvalue weighted by Gasteiger charge is 2.19. The second kappa shape index (κ2) is 6.48. The van der Waals surface area contributed by atoms with Gasteiger partial charge in [0.2, 0.25) is 5.91 Å². The largest absolute Gasteiger partial charge is 0.306 e. The number of nitrogens with zero attached hydrogens (tertiary/aromatic N) is 3. The maximum atomic E-state index is 12.2. The van der Waals surface area contributed by atoms with E-state index >= 15 is 0 Å². The average Bonchev–Trinajstić information content (AvgIpc) is 2.46. The molecule has 2 aromatic rings. The van der Waals surface area contributed by atoms with Crippen LogP contribution in [-0.2, 0) is 11.3 Å². The zero-order valence-electron chi connectivity index (χ0n) is 11.5. The molecule has 0 aliphatic rings. The number of hydrogen-bond donors (Lipinski definition) is 0. The predicted molar refractivity (Wildman–Crippen MR) is 79.9 cm³/mol. The summed E-state index contributed by atoms with van der Waals surface area (Å²) in [5, 5.41) is 0. The summed E-state index contributed by atoms with van der Waals surface area (Å²) >= 11 is 5.75. The molecule has 0 saturated heterocycles. The number of halogens is 1. The average molecular weight is 290 g/mol. The molecule has 0 aliphatic heterocycles. The van der Waals surface area contributed by atoms with Crippen LogP contribution in [-0.4, -0.2) is 21.8 Å². The van der Waals surface area contributed by atoms with Gasteiger partial charge in [-0.15, -0.1) is 11.6 Å². The highest BCUT2D eigenvalue weighted by Crippen LogP contribution is 2.26. The Morgan fingerprint density at radius 1 is 1.20 bits per heavy atom. The molecule has 20 heavy (non-hydrogen) atoms. The predicted octanol–water partition coefficient (Wildman–Crippen LogP) is 2.87. The first-order valence-corrected chi connectivity index (χ1v) is 6.83. The van der Waals surface area contributed by atoms with E-state index in [2.05, 4.69) is 9.97 Å². The van der Waals surface area contributed by atoms with Gasteiger partial charge in [0.05, 0.1) is 6.54 Å². The van der Waals surface area contributed by atoms with Crippen molar-refractivity contribution in [3.8, 4) is 0 Å². The SMILES string of the molecule is Cc1cccc(C)c1N(Cc1cncnc1)C(=O)CCl. The van der Waals surface area contributed by atoms with Crippen molar-refractivity contribution < 1.29 is 4.79 Å². The molecule has 1 aromatic carbocycles. The van der Waals surface area contributed by atoms with E-state index < -0.39 is 0 Å². The lowest BCUT2D eigenvalue weighted by Crippen LogP contribution is -2.32. The number of carbonyl (C=O) groups is 1. The molecule has 4 nitrogen and oxygen atoms in total. The molecule has 0 spiro atoms. The molecule has 5 heteroatoms. The smallest absolute Gasteiger partial charge is 0.242 e. The van der Waals surface area contributed by atoms with Crippen molar-refractivity contribution in [1.82, 2.24) is 9.97 Å². The van der Waals surface area contributed by atoms with Gasteiger partial charge in [0, 0.05) is 23.6 Å². The minimum absolute atomic E-state index is 0.0541. The second-order valence-corrected chi connectivity index (χ2v) is 4.87. The normalized spacial score (nSPS) is 10.3. The molecule has 0 N–H and O–H groups in total. The summed E-state index contributed by atoms with van der Waals surface area (Å²) in [6.45, 7) is 4.38. The fourth-order valence-corrected chi connectivity index (χ4v) is 2.33. The van der Waals surface area contributed by atoms with Gasteiger partial charge in [-0.2, -0.15) is 0 Å². The van der Waals surface area contributed by atoms with Crippen LogP contribution in [0.1, 0.15) is 16.7 Å². The Kier molecular flexibility index (Phi) is 4.69. The molecule has 0 radical (unpaired) electrons. The molecule has 0 fully saturated rings. The molecule has 1 amide bonds. The number of carbonyl (C=O) groups excluding carboxylic acids is 1. The maximum absolute atomic E-state index is 12.2. The Labute approximate surface area is 123 Å². The van der Waals surface area contributed by atoms with Crippen LogP contribution in [0, 0.1) is 13.8 Å². The summed E-state index contributed by atoms with van der Waals surface area (Å²) in [4.78, 5) is 21.8. The van der Waals surface area contributed by atoms with E-state index in [1.54, 1.807) is 17.3 Å². The molecule has 0 unspecified atom stereocenters. The summed E-state index contributed by atoms with van der Waals surface area (Å²) in [6, 6.07) is 5.94. The van der Waals surface area contributed by atoms with E-state index in [0.29, 0.717) is 6.54 Å². The Bertz CT molecular complexity index is 581. The van der Waals surface area contributed by atoms with Crippen molar-refractivity contribution in [3.63, 3.8) is 0 Å². The number of para-hydroxylation sites is 1. The standard InChI is InChI=1S/C15H16ClN3O/c1-11-4-3-5-12(2)15(11)19(14(20)6-16)9-13-7-17-10-18-8-13/h3-5,7-8,10H,6,9H2,1-2H3. The third kappa shape index (κ3) is 3.14. The van der Waals surface area contributed by atoms with Gasteiger partial charge in [-0.05, 0) is 25.0 Å². The quantitative estimate of drug-likeness (QED) is 0.813. The first-order chi connectivity index (χ1) is 9.63. The van der Waals surface area contributed by atoms with Crippen LogP contribution < -0.4 is 4.90 Å². The number of amides is 1. The summed E-state index contributed by atoms with van der Waals surface area (Å²) in [5.74, 6) is -0.186. The van der Waals surface area contributed by atoms with Crippen molar-refractivity contribution in [3.05, 3.63) is 53.6 Å². The van der Waals surface area contributed by atoms with Crippen LogP contribution in [0.25, 0.3) is 0 Å². The van der Waals surface area contributed by atoms with Gasteiger partial charge in [0.1, 0.15) is 12.2 Å². The minimum atomic E-state index is -0.132. The maximum Gasteiger partial charge on any atom is 0.242 e. The Morgan fingerprint density at radius 2 is 1.80 bits per heavy atom. The first kappa shape index (κ1) is 14.5. The Morgan fingerprint density at radius 3 is 2.35 bits per heavy atom. The van der Waals surface area contributed by atoms with Crippen LogP contribution in [0.5, 0.6) is 0 Å². The van der Waals surface area contributed by atoms with Crippen LogP contribution in [0.3, 0.4) is 0 Å². The number of hydrogen-bond acceptors (Lipinski definition) is 3. The van der Waals surface area contributed by atoms with Crippen molar-refractivity contribution >= 4 is 23.2 Å². The van der Waals surface area contributed by atoms with Gasteiger partial charge in [-0.1, -0.05) is 18.2 Å². The Hall–Kier alpha value is -1.94. The number of alkyl halides is 1. The summed E-state index contributed by atoms with van der Waals surface area (Å²) in [5.41, 5.74) is 3.86. The fraction of sp³-hybridized carbons (Fsp3) is 0.267. The zero-order valence-corrected chi connectivity index (χ0v) is 12.3. The lowest BCUT2D eigenvalue weighted by Gasteiger charge is -2.25. The monoisotopic (exact) mass is 289 g/mol. The molecule has 0 saturated carbocycles. The molecule has 1 heterocycles. The highest BCUT2D eigenvalue weighted by atomic mass is 35.5. The van der Waals surface area contributed by atoms with Gasteiger partial charge < -0.3 is 4.90 Å². The van der Waals surface area contributed by atoms with Gasteiger partial charge in [-0.3, -0.25) is 4.79 Å². The lowest BCUT2D eigenvalue weighted by molar-refractivity contribution is -0.116. The molecule has 1 aromatic heterocycles. The van der Waals surface area contributed by atoms with Crippen LogP contribution in [0.15, 0.2) is 36.9 Å². The summed E-state index contributed by atoms with van der Waals surface area (Å²) < 4.78 is 0. The van der Waals surface area contributed by atoms with E-state index in [1.165, 1.54) is 6.33 Å². The molecule has 2 rings (SSSR count). The number of aryl methyl sites for hydroxylation is 2. The third-order valence-electron chi connectivity index (χ3n) is 3.08. The first-order valence-electron chi connectivity index (χ1n) is 6.30.